The van der Waals surface area contributed by atoms with E-state index in [1.165, 1.54) is 54.2 Å². The summed E-state index contributed by atoms with van der Waals surface area (Å²) >= 11 is 1.26. The van der Waals surface area contributed by atoms with Crippen molar-refractivity contribution in [3.8, 4) is 0 Å². The molecule has 0 saturated carbocycles. The van der Waals surface area contributed by atoms with E-state index in [9.17, 15) is 35.1 Å². The van der Waals surface area contributed by atoms with Gasteiger partial charge in [0.25, 0.3) is 17.1 Å². The molecule has 1 saturated heterocycles. The second-order valence-corrected chi connectivity index (χ2v) is 11.0. The third-order valence-corrected chi connectivity index (χ3v) is 8.29. The Morgan fingerprint density at radius 1 is 0.795 bits per heavy atom. The van der Waals surface area contributed by atoms with Crippen LogP contribution in [-0.2, 0) is 9.47 Å². The molecular formula is C30H26N4O9S. The topological polar surface area (TPSA) is 168 Å². The zero-order chi connectivity index (χ0) is 31.2. The van der Waals surface area contributed by atoms with Gasteiger partial charge in [-0.05, 0) is 31.4 Å². The Kier molecular flexibility index (Phi) is 9.31. The highest BCUT2D eigenvalue weighted by atomic mass is 32.2. The van der Waals surface area contributed by atoms with Crippen LogP contribution in [0.3, 0.4) is 0 Å². The van der Waals surface area contributed by atoms with Gasteiger partial charge < -0.3 is 14.4 Å². The molecule has 0 spiro atoms. The smallest absolute Gasteiger partial charge is 0.343 e. The SMILES string of the molecule is O=C(OC(=C1CCCC(Sc2ccccc2[N+](=O)[O-])=C1N1CCOCC1)c1cccc([N+](=O)[O-])c1)c1cccc([N+](=O)[O-])c1. The molecule has 3 aromatic carbocycles. The van der Waals surface area contributed by atoms with Crippen molar-refractivity contribution < 1.29 is 29.0 Å². The number of nitro benzene ring substituents is 3. The van der Waals surface area contributed by atoms with E-state index < -0.39 is 20.7 Å². The number of thioether (sulfide) groups is 1. The van der Waals surface area contributed by atoms with Crippen LogP contribution in [0.2, 0.25) is 0 Å². The van der Waals surface area contributed by atoms with Crippen molar-refractivity contribution in [1.29, 1.82) is 0 Å². The van der Waals surface area contributed by atoms with Crippen molar-refractivity contribution in [3.05, 3.63) is 130 Å². The maximum Gasteiger partial charge on any atom is 0.343 e. The lowest BCUT2D eigenvalue weighted by Gasteiger charge is -2.37. The minimum absolute atomic E-state index is 0.0431. The second-order valence-electron chi connectivity index (χ2n) is 9.86. The zero-order valence-electron chi connectivity index (χ0n) is 23.2. The Labute approximate surface area is 255 Å². The van der Waals surface area contributed by atoms with Gasteiger partial charge in [-0.1, -0.05) is 42.1 Å². The Bertz CT molecular complexity index is 1700. The van der Waals surface area contributed by atoms with Crippen LogP contribution in [0.5, 0.6) is 0 Å². The van der Waals surface area contributed by atoms with Crippen LogP contribution in [0.25, 0.3) is 5.76 Å². The van der Waals surface area contributed by atoms with E-state index in [0.717, 1.165) is 16.7 Å². The average Bonchev–Trinajstić information content (AvgIpc) is 3.04. The summed E-state index contributed by atoms with van der Waals surface area (Å²) in [4.78, 5) is 50.1. The van der Waals surface area contributed by atoms with E-state index in [2.05, 4.69) is 4.90 Å². The molecule has 1 fully saturated rings. The molecule has 0 atom stereocenters. The van der Waals surface area contributed by atoms with Crippen LogP contribution in [0.1, 0.15) is 35.2 Å². The Morgan fingerprint density at radius 2 is 1.43 bits per heavy atom. The standard InChI is InChI=1S/C30H26N4O9S/c35-30(21-7-4-9-23(19-21)33(38)39)43-29(20-6-3-8-22(18-20)32(36)37)24-10-5-13-27(28(24)31-14-16-42-17-15-31)44-26-12-2-1-11-25(26)34(40)41/h1-4,6-9,11-12,18-19H,5,10,13-17H2. The molecule has 226 valence electrons. The number of allylic oxidation sites excluding steroid dienone is 2. The third-order valence-electron chi connectivity index (χ3n) is 7.08. The van der Waals surface area contributed by atoms with Gasteiger partial charge >= 0.3 is 5.97 Å². The molecule has 0 unspecified atom stereocenters. The van der Waals surface area contributed by atoms with E-state index in [4.69, 9.17) is 9.47 Å². The van der Waals surface area contributed by atoms with Crippen molar-refractivity contribution in [3.63, 3.8) is 0 Å². The summed E-state index contributed by atoms with van der Waals surface area (Å²) in [6, 6.07) is 17.3. The van der Waals surface area contributed by atoms with Crippen LogP contribution >= 0.6 is 11.8 Å². The fraction of sp³-hybridized carbons (Fsp3) is 0.233. The highest BCUT2D eigenvalue weighted by Crippen LogP contribution is 2.46. The number of carbonyl (C=O) groups is 1. The quantitative estimate of drug-likeness (QED) is 0.111. The number of hydrogen-bond donors (Lipinski definition) is 0. The predicted molar refractivity (Wildman–Crippen MR) is 161 cm³/mol. The monoisotopic (exact) mass is 618 g/mol. The number of ether oxygens (including phenoxy) is 2. The first-order chi connectivity index (χ1) is 21.2. The molecule has 0 aromatic heterocycles. The number of nitro groups is 3. The predicted octanol–water partition coefficient (Wildman–Crippen LogP) is 6.50. The molecule has 5 rings (SSSR count). The molecule has 2 aliphatic rings. The lowest BCUT2D eigenvalue weighted by atomic mass is 9.93. The molecule has 14 heteroatoms. The minimum Gasteiger partial charge on any atom is -0.422 e. The van der Waals surface area contributed by atoms with Gasteiger partial charge in [0.2, 0.25) is 0 Å². The Morgan fingerprint density at radius 3 is 2.09 bits per heavy atom. The summed E-state index contributed by atoms with van der Waals surface area (Å²) in [5, 5.41) is 34.8. The summed E-state index contributed by atoms with van der Waals surface area (Å²) in [6.07, 6.45) is 1.64. The number of carbonyl (C=O) groups excluding carboxylic acids is 1. The summed E-state index contributed by atoms with van der Waals surface area (Å²) in [6.45, 7) is 1.86. The fourth-order valence-electron chi connectivity index (χ4n) is 5.09. The number of esters is 1. The highest BCUT2D eigenvalue weighted by molar-refractivity contribution is 8.03. The van der Waals surface area contributed by atoms with Crippen molar-refractivity contribution in [1.82, 2.24) is 4.90 Å². The molecule has 3 aromatic rings. The van der Waals surface area contributed by atoms with E-state index in [0.29, 0.717) is 56.0 Å². The van der Waals surface area contributed by atoms with E-state index in [1.807, 2.05) is 0 Å². The number of non-ortho nitro benzene ring substituents is 2. The lowest BCUT2D eigenvalue weighted by Crippen LogP contribution is -2.37. The maximum absolute atomic E-state index is 13.5. The Hall–Kier alpha value is -5.08. The van der Waals surface area contributed by atoms with Crippen molar-refractivity contribution in [2.24, 2.45) is 0 Å². The first kappa shape index (κ1) is 30.4. The normalized spacial score (nSPS) is 16.3. The summed E-state index contributed by atoms with van der Waals surface area (Å²) in [5.41, 5.74) is 0.974. The molecule has 1 heterocycles. The largest absolute Gasteiger partial charge is 0.422 e. The van der Waals surface area contributed by atoms with E-state index >= 15 is 0 Å². The summed E-state index contributed by atoms with van der Waals surface area (Å²) in [5.74, 6) is -0.797. The molecule has 0 N–H and O–H groups in total. The van der Waals surface area contributed by atoms with Crippen LogP contribution in [0.15, 0.2) is 93.9 Å². The van der Waals surface area contributed by atoms with Crippen molar-refractivity contribution >= 4 is 40.6 Å². The number of para-hydroxylation sites is 1. The van der Waals surface area contributed by atoms with Crippen LogP contribution < -0.4 is 0 Å². The summed E-state index contributed by atoms with van der Waals surface area (Å²) < 4.78 is 11.6. The number of benzene rings is 3. The minimum atomic E-state index is -0.873. The van der Waals surface area contributed by atoms with Crippen LogP contribution in [-0.4, -0.2) is 51.9 Å². The molecular weight excluding hydrogens is 592 g/mol. The van der Waals surface area contributed by atoms with Gasteiger partial charge in [-0.15, -0.1) is 0 Å². The third kappa shape index (κ3) is 6.76. The Balaban J connectivity index is 1.70. The number of morpholine rings is 1. The van der Waals surface area contributed by atoms with E-state index in [-0.39, 0.29) is 33.9 Å². The zero-order valence-corrected chi connectivity index (χ0v) is 24.1. The number of hydrogen-bond acceptors (Lipinski definition) is 11. The van der Waals surface area contributed by atoms with Crippen molar-refractivity contribution in [2.45, 2.75) is 24.2 Å². The molecule has 0 amide bonds. The van der Waals surface area contributed by atoms with Crippen molar-refractivity contribution in [2.75, 3.05) is 26.3 Å². The van der Waals surface area contributed by atoms with E-state index in [1.54, 1.807) is 24.3 Å². The van der Waals surface area contributed by atoms with Gasteiger partial charge in [-0.3, -0.25) is 30.3 Å². The molecule has 44 heavy (non-hydrogen) atoms. The average molecular weight is 619 g/mol. The fourth-order valence-corrected chi connectivity index (χ4v) is 6.34. The van der Waals surface area contributed by atoms with Gasteiger partial charge in [0.15, 0.2) is 0 Å². The number of rotatable bonds is 9. The second kappa shape index (κ2) is 13.5. The number of nitrogens with zero attached hydrogens (tertiary/aromatic N) is 4. The van der Waals surface area contributed by atoms with Crippen LogP contribution in [0, 0.1) is 30.3 Å². The first-order valence-electron chi connectivity index (χ1n) is 13.6. The van der Waals surface area contributed by atoms with Gasteiger partial charge in [-0.25, -0.2) is 4.79 Å². The molecule has 0 bridgehead atoms. The highest BCUT2D eigenvalue weighted by Gasteiger charge is 2.31. The van der Waals surface area contributed by atoms with Gasteiger partial charge in [0, 0.05) is 59.5 Å². The molecule has 1 aliphatic heterocycles. The summed E-state index contributed by atoms with van der Waals surface area (Å²) in [7, 11) is 0. The molecule has 0 radical (unpaired) electrons. The maximum atomic E-state index is 13.5. The molecule has 1 aliphatic carbocycles. The first-order valence-corrected chi connectivity index (χ1v) is 14.5. The molecule has 13 nitrogen and oxygen atoms in total. The lowest BCUT2D eigenvalue weighted by molar-refractivity contribution is -0.387. The van der Waals surface area contributed by atoms with Gasteiger partial charge in [0.1, 0.15) is 5.76 Å². The van der Waals surface area contributed by atoms with Gasteiger partial charge in [0.05, 0.1) is 44.1 Å². The van der Waals surface area contributed by atoms with Crippen LogP contribution in [0.4, 0.5) is 17.1 Å². The van der Waals surface area contributed by atoms with Gasteiger partial charge in [-0.2, -0.15) is 0 Å².